The smallest absolute Gasteiger partial charge is 0.105 e. The maximum absolute atomic E-state index is 5.83. The van der Waals surface area contributed by atoms with Crippen molar-refractivity contribution in [3.05, 3.63) is 0 Å². The van der Waals surface area contributed by atoms with Crippen LogP contribution in [-0.2, 0) is 0 Å². The Morgan fingerprint density at radius 3 is 1.80 bits per heavy atom. The van der Waals surface area contributed by atoms with Crippen LogP contribution >= 0.6 is 23.2 Å². The van der Waals surface area contributed by atoms with E-state index in [1.54, 1.807) is 0 Å². The summed E-state index contributed by atoms with van der Waals surface area (Å²) in [5.74, 6) is 0. The molecule has 0 aromatic carbocycles. The van der Waals surface area contributed by atoms with E-state index in [1.165, 1.54) is 57.8 Å². The molecule has 0 aliphatic heterocycles. The second-order valence-electron chi connectivity index (χ2n) is 4.58. The molecule has 0 rings (SSSR count). The fraction of sp³-hybridized carbons (Fsp3) is 1.00. The molecule has 0 heterocycles. The lowest BCUT2D eigenvalue weighted by molar-refractivity contribution is 0.560. The van der Waals surface area contributed by atoms with Gasteiger partial charge in [0.25, 0.3) is 0 Å². The SMILES string of the molecule is CCCCCCCCCCC([SiH3])C(Cl)Cl. The summed E-state index contributed by atoms with van der Waals surface area (Å²) in [5, 5.41) is 0. The van der Waals surface area contributed by atoms with E-state index in [2.05, 4.69) is 6.92 Å². The molecular formula is C12H26Cl2Si. The van der Waals surface area contributed by atoms with Crippen LogP contribution in [0.1, 0.15) is 64.7 Å². The first-order valence-electron chi connectivity index (χ1n) is 6.46. The molecule has 0 aliphatic rings. The minimum atomic E-state index is -0.124. The Kier molecular flexibility index (Phi) is 11.9. The van der Waals surface area contributed by atoms with Crippen LogP contribution in [0.4, 0.5) is 0 Å². The highest BCUT2D eigenvalue weighted by atomic mass is 35.5. The minimum absolute atomic E-state index is 0.124. The third-order valence-electron chi connectivity index (χ3n) is 2.94. The molecule has 15 heavy (non-hydrogen) atoms. The second-order valence-corrected chi connectivity index (χ2v) is 7.22. The van der Waals surface area contributed by atoms with Gasteiger partial charge in [0.2, 0.25) is 0 Å². The Hall–Kier alpha value is 0.797. The van der Waals surface area contributed by atoms with Crippen molar-refractivity contribution in [2.75, 3.05) is 0 Å². The molecule has 3 heteroatoms. The normalized spacial score (nSPS) is 13.6. The molecule has 0 bridgehead atoms. The predicted molar refractivity (Wildman–Crippen MR) is 76.4 cm³/mol. The van der Waals surface area contributed by atoms with Gasteiger partial charge < -0.3 is 0 Å². The van der Waals surface area contributed by atoms with E-state index in [9.17, 15) is 0 Å². The van der Waals surface area contributed by atoms with E-state index < -0.39 is 0 Å². The molecule has 0 aromatic rings. The van der Waals surface area contributed by atoms with Crippen LogP contribution in [0.3, 0.4) is 0 Å². The molecular weight excluding hydrogens is 243 g/mol. The lowest BCUT2D eigenvalue weighted by Gasteiger charge is -2.11. The van der Waals surface area contributed by atoms with Gasteiger partial charge in [-0.2, -0.15) is 0 Å². The summed E-state index contributed by atoms with van der Waals surface area (Å²) in [6, 6.07) is 0. The Balaban J connectivity index is 3.05. The van der Waals surface area contributed by atoms with Crippen molar-refractivity contribution >= 4 is 33.4 Å². The topological polar surface area (TPSA) is 0 Å². The summed E-state index contributed by atoms with van der Waals surface area (Å²) in [6.45, 7) is 2.26. The Morgan fingerprint density at radius 2 is 1.33 bits per heavy atom. The zero-order valence-electron chi connectivity index (χ0n) is 10.3. The first-order chi connectivity index (χ1) is 7.18. The molecule has 0 N–H and O–H groups in total. The standard InChI is InChI=1S/C12H26Cl2Si/c1-2-3-4-5-6-7-8-9-10-11(15)12(13)14/h11-12H,2-10H2,1,15H3. The number of alkyl halides is 2. The second kappa shape index (κ2) is 11.3. The molecule has 1 unspecified atom stereocenters. The Morgan fingerprint density at radius 1 is 0.867 bits per heavy atom. The molecule has 0 saturated carbocycles. The van der Waals surface area contributed by atoms with Crippen molar-refractivity contribution in [1.29, 1.82) is 0 Å². The fourth-order valence-electron chi connectivity index (χ4n) is 1.73. The van der Waals surface area contributed by atoms with Crippen molar-refractivity contribution in [2.45, 2.75) is 75.1 Å². The summed E-state index contributed by atoms with van der Waals surface area (Å²) in [7, 11) is 1.13. The third kappa shape index (κ3) is 11.1. The number of halogens is 2. The molecule has 0 aromatic heterocycles. The lowest BCUT2D eigenvalue weighted by Crippen LogP contribution is -2.01. The van der Waals surface area contributed by atoms with E-state index in [-0.39, 0.29) is 4.84 Å². The van der Waals surface area contributed by atoms with Gasteiger partial charge in [0.1, 0.15) is 4.84 Å². The van der Waals surface area contributed by atoms with Crippen LogP contribution in [-0.4, -0.2) is 15.1 Å². The van der Waals surface area contributed by atoms with E-state index in [4.69, 9.17) is 23.2 Å². The zero-order chi connectivity index (χ0) is 11.5. The van der Waals surface area contributed by atoms with Gasteiger partial charge in [-0.1, -0.05) is 64.7 Å². The summed E-state index contributed by atoms with van der Waals surface area (Å²) in [5.41, 5.74) is 0.591. The van der Waals surface area contributed by atoms with Gasteiger partial charge in [-0.25, -0.2) is 0 Å². The van der Waals surface area contributed by atoms with E-state index >= 15 is 0 Å². The zero-order valence-corrected chi connectivity index (χ0v) is 13.8. The molecule has 1 atom stereocenters. The maximum atomic E-state index is 5.83. The van der Waals surface area contributed by atoms with Crippen LogP contribution in [0.5, 0.6) is 0 Å². The summed E-state index contributed by atoms with van der Waals surface area (Å²) >= 11 is 11.7. The largest absolute Gasteiger partial charge is 0.107 e. The maximum Gasteiger partial charge on any atom is 0.107 e. The molecule has 0 aliphatic carbocycles. The number of hydrogen-bond acceptors (Lipinski definition) is 0. The quantitative estimate of drug-likeness (QED) is 0.312. The molecule has 0 fully saturated rings. The number of rotatable bonds is 10. The highest BCUT2D eigenvalue weighted by Gasteiger charge is 2.09. The van der Waals surface area contributed by atoms with Gasteiger partial charge in [0.05, 0.1) is 0 Å². The minimum Gasteiger partial charge on any atom is -0.105 e. The van der Waals surface area contributed by atoms with Gasteiger partial charge in [0.15, 0.2) is 0 Å². The fourth-order valence-corrected chi connectivity index (χ4v) is 2.39. The lowest BCUT2D eigenvalue weighted by atomic mass is 10.1. The van der Waals surface area contributed by atoms with Gasteiger partial charge in [-0.3, -0.25) is 0 Å². The van der Waals surface area contributed by atoms with Crippen LogP contribution in [0.15, 0.2) is 0 Å². The van der Waals surface area contributed by atoms with Crippen LogP contribution < -0.4 is 0 Å². The van der Waals surface area contributed by atoms with E-state index in [0.717, 1.165) is 10.2 Å². The van der Waals surface area contributed by atoms with Gasteiger partial charge in [-0.05, 0) is 5.54 Å². The molecule has 0 amide bonds. The Labute approximate surface area is 109 Å². The van der Waals surface area contributed by atoms with Gasteiger partial charge >= 0.3 is 0 Å². The molecule has 0 radical (unpaired) electrons. The summed E-state index contributed by atoms with van der Waals surface area (Å²) in [4.78, 5) is -0.124. The first kappa shape index (κ1) is 15.8. The molecule has 0 nitrogen and oxygen atoms in total. The summed E-state index contributed by atoms with van der Waals surface area (Å²) < 4.78 is 0. The highest BCUT2D eigenvalue weighted by molar-refractivity contribution is 6.47. The van der Waals surface area contributed by atoms with Crippen LogP contribution in [0, 0.1) is 0 Å². The first-order valence-corrected chi connectivity index (χ1v) is 8.49. The van der Waals surface area contributed by atoms with E-state index in [0.29, 0.717) is 5.54 Å². The Bertz CT molecular complexity index is 129. The van der Waals surface area contributed by atoms with Crippen molar-refractivity contribution < 1.29 is 0 Å². The van der Waals surface area contributed by atoms with Crippen molar-refractivity contribution in [3.8, 4) is 0 Å². The average Bonchev–Trinajstić information content (AvgIpc) is 2.21. The van der Waals surface area contributed by atoms with Crippen LogP contribution in [0.2, 0.25) is 5.54 Å². The third-order valence-corrected chi connectivity index (χ3v) is 5.89. The van der Waals surface area contributed by atoms with Gasteiger partial charge in [-0.15, -0.1) is 23.2 Å². The monoisotopic (exact) mass is 268 g/mol. The van der Waals surface area contributed by atoms with Crippen molar-refractivity contribution in [2.24, 2.45) is 0 Å². The molecule has 92 valence electrons. The van der Waals surface area contributed by atoms with Crippen molar-refractivity contribution in [3.63, 3.8) is 0 Å². The predicted octanol–water partition coefficient (Wildman–Crippen LogP) is 4.47. The van der Waals surface area contributed by atoms with Gasteiger partial charge in [0, 0.05) is 10.2 Å². The summed E-state index contributed by atoms with van der Waals surface area (Å²) in [6.07, 6.45) is 12.3. The molecule has 0 saturated heterocycles. The number of hydrogen-bond donors (Lipinski definition) is 0. The van der Waals surface area contributed by atoms with Crippen LogP contribution in [0.25, 0.3) is 0 Å². The molecule has 0 spiro atoms. The average molecular weight is 269 g/mol. The number of unbranched alkanes of at least 4 members (excludes halogenated alkanes) is 7. The highest BCUT2D eigenvalue weighted by Crippen LogP contribution is 2.24. The van der Waals surface area contributed by atoms with Crippen molar-refractivity contribution in [1.82, 2.24) is 0 Å². The van der Waals surface area contributed by atoms with E-state index in [1.807, 2.05) is 0 Å².